The van der Waals surface area contributed by atoms with Crippen molar-refractivity contribution in [3.05, 3.63) is 40.4 Å². The van der Waals surface area contributed by atoms with Crippen LogP contribution in [0.15, 0.2) is 28.9 Å². The van der Waals surface area contributed by atoms with Crippen LogP contribution in [0.5, 0.6) is 0 Å². The van der Waals surface area contributed by atoms with Crippen molar-refractivity contribution in [2.75, 3.05) is 0 Å². The standard InChI is InChI=1S/C12H14BrFN4/c1-7(2)12(15)10-6-18(17-16-10)11-5-8(13)3-4-9(11)14/h3-7,12H,15H2,1-2H3. The van der Waals surface area contributed by atoms with Crippen LogP contribution in [0.3, 0.4) is 0 Å². The van der Waals surface area contributed by atoms with Gasteiger partial charge in [-0.1, -0.05) is 35.0 Å². The second-order valence-electron chi connectivity index (χ2n) is 4.45. The minimum Gasteiger partial charge on any atom is -0.322 e. The monoisotopic (exact) mass is 312 g/mol. The van der Waals surface area contributed by atoms with Crippen molar-refractivity contribution in [3.8, 4) is 5.69 Å². The lowest BCUT2D eigenvalue weighted by Gasteiger charge is -2.11. The number of hydrogen-bond acceptors (Lipinski definition) is 3. The van der Waals surface area contributed by atoms with Gasteiger partial charge in [-0.2, -0.15) is 0 Å². The van der Waals surface area contributed by atoms with Crippen molar-refractivity contribution in [2.45, 2.75) is 19.9 Å². The van der Waals surface area contributed by atoms with Crippen LogP contribution in [-0.2, 0) is 0 Å². The first-order valence-electron chi connectivity index (χ1n) is 5.62. The number of hydrogen-bond donors (Lipinski definition) is 1. The molecule has 4 nitrogen and oxygen atoms in total. The molecule has 1 unspecified atom stereocenters. The Morgan fingerprint density at radius 2 is 2.11 bits per heavy atom. The molecule has 0 aliphatic carbocycles. The summed E-state index contributed by atoms with van der Waals surface area (Å²) in [6, 6.07) is 4.46. The average molecular weight is 313 g/mol. The van der Waals surface area contributed by atoms with Crippen LogP contribution >= 0.6 is 15.9 Å². The highest BCUT2D eigenvalue weighted by atomic mass is 79.9. The zero-order valence-corrected chi connectivity index (χ0v) is 11.7. The summed E-state index contributed by atoms with van der Waals surface area (Å²) in [5.41, 5.74) is 6.98. The average Bonchev–Trinajstić information content (AvgIpc) is 2.80. The van der Waals surface area contributed by atoms with E-state index in [1.54, 1.807) is 18.3 Å². The molecule has 2 aromatic rings. The lowest BCUT2D eigenvalue weighted by Crippen LogP contribution is -2.17. The van der Waals surface area contributed by atoms with Crippen molar-refractivity contribution >= 4 is 15.9 Å². The largest absolute Gasteiger partial charge is 0.322 e. The number of aromatic nitrogens is 3. The number of nitrogens with two attached hydrogens (primary N) is 1. The van der Waals surface area contributed by atoms with Crippen LogP contribution in [0.2, 0.25) is 0 Å². The first-order chi connectivity index (χ1) is 8.49. The van der Waals surface area contributed by atoms with E-state index in [-0.39, 0.29) is 17.8 Å². The third kappa shape index (κ3) is 2.59. The lowest BCUT2D eigenvalue weighted by molar-refractivity contribution is 0.502. The molecule has 0 saturated heterocycles. The van der Waals surface area contributed by atoms with Crippen LogP contribution in [0.4, 0.5) is 4.39 Å². The van der Waals surface area contributed by atoms with Gasteiger partial charge in [-0.15, -0.1) is 5.10 Å². The summed E-state index contributed by atoms with van der Waals surface area (Å²) in [5.74, 6) is -0.102. The molecule has 0 bridgehead atoms. The van der Waals surface area contributed by atoms with Crippen molar-refractivity contribution in [1.29, 1.82) is 0 Å². The zero-order valence-electron chi connectivity index (χ0n) is 10.1. The predicted octanol–water partition coefficient (Wildman–Crippen LogP) is 2.82. The number of benzene rings is 1. The summed E-state index contributed by atoms with van der Waals surface area (Å²) in [7, 11) is 0. The van der Waals surface area contributed by atoms with Gasteiger partial charge in [-0.3, -0.25) is 0 Å². The zero-order chi connectivity index (χ0) is 13.3. The quantitative estimate of drug-likeness (QED) is 0.948. The summed E-state index contributed by atoms with van der Waals surface area (Å²) in [6.45, 7) is 4.01. The molecule has 0 fully saturated rings. The highest BCUT2D eigenvalue weighted by Crippen LogP contribution is 2.21. The van der Waals surface area contributed by atoms with E-state index in [0.717, 1.165) is 4.47 Å². The van der Waals surface area contributed by atoms with E-state index in [9.17, 15) is 4.39 Å². The van der Waals surface area contributed by atoms with E-state index in [0.29, 0.717) is 11.4 Å². The highest BCUT2D eigenvalue weighted by molar-refractivity contribution is 9.10. The molecule has 0 saturated carbocycles. The topological polar surface area (TPSA) is 56.7 Å². The third-order valence-corrected chi connectivity index (χ3v) is 3.22. The molecule has 0 amide bonds. The second kappa shape index (κ2) is 5.16. The molecule has 2 rings (SSSR count). The van der Waals surface area contributed by atoms with Crippen molar-refractivity contribution in [1.82, 2.24) is 15.0 Å². The van der Waals surface area contributed by atoms with Gasteiger partial charge in [0.1, 0.15) is 17.2 Å². The normalized spacial score (nSPS) is 13.0. The van der Waals surface area contributed by atoms with Crippen molar-refractivity contribution in [2.24, 2.45) is 11.7 Å². The fourth-order valence-electron chi connectivity index (χ4n) is 1.55. The summed E-state index contributed by atoms with van der Waals surface area (Å²) in [5, 5.41) is 7.91. The Morgan fingerprint density at radius 3 is 2.78 bits per heavy atom. The maximum atomic E-state index is 13.7. The molecule has 0 aliphatic heterocycles. The van der Waals surface area contributed by atoms with Gasteiger partial charge in [0.15, 0.2) is 0 Å². The Morgan fingerprint density at radius 1 is 1.39 bits per heavy atom. The summed E-state index contributed by atoms with van der Waals surface area (Å²) >= 11 is 3.30. The van der Waals surface area contributed by atoms with Gasteiger partial charge in [0.2, 0.25) is 0 Å². The highest BCUT2D eigenvalue weighted by Gasteiger charge is 2.16. The first-order valence-corrected chi connectivity index (χ1v) is 6.41. The van der Waals surface area contributed by atoms with Gasteiger partial charge in [0.05, 0.1) is 12.2 Å². The molecule has 1 atom stereocenters. The molecule has 18 heavy (non-hydrogen) atoms. The molecule has 2 N–H and O–H groups in total. The maximum Gasteiger partial charge on any atom is 0.148 e. The van der Waals surface area contributed by atoms with E-state index in [2.05, 4.69) is 26.2 Å². The van der Waals surface area contributed by atoms with Crippen LogP contribution in [0, 0.1) is 11.7 Å². The summed E-state index contributed by atoms with van der Waals surface area (Å²) < 4.78 is 15.9. The van der Waals surface area contributed by atoms with Crippen molar-refractivity contribution in [3.63, 3.8) is 0 Å². The molecular formula is C12H14BrFN4. The van der Waals surface area contributed by atoms with Crippen LogP contribution in [0.25, 0.3) is 5.69 Å². The minimum atomic E-state index is -0.354. The second-order valence-corrected chi connectivity index (χ2v) is 5.37. The maximum absolute atomic E-state index is 13.7. The fraction of sp³-hybridized carbons (Fsp3) is 0.333. The molecule has 0 radical (unpaired) electrons. The smallest absolute Gasteiger partial charge is 0.148 e. The number of halogens is 2. The molecule has 96 valence electrons. The lowest BCUT2D eigenvalue weighted by atomic mass is 10.0. The number of nitrogens with zero attached hydrogens (tertiary/aromatic N) is 3. The number of rotatable bonds is 3. The summed E-state index contributed by atoms with van der Waals surface area (Å²) in [6.07, 6.45) is 1.66. The van der Waals surface area contributed by atoms with E-state index < -0.39 is 0 Å². The Hall–Kier alpha value is -1.27. The SMILES string of the molecule is CC(C)C(N)c1cn(-c2cc(Br)ccc2F)nn1. The van der Waals surface area contributed by atoms with E-state index in [4.69, 9.17) is 5.73 Å². The minimum absolute atomic E-state index is 0.200. The van der Waals surface area contributed by atoms with Crippen LogP contribution in [-0.4, -0.2) is 15.0 Å². The summed E-state index contributed by atoms with van der Waals surface area (Å²) in [4.78, 5) is 0. The van der Waals surface area contributed by atoms with Crippen molar-refractivity contribution < 1.29 is 4.39 Å². The molecule has 1 heterocycles. The Balaban J connectivity index is 2.38. The van der Waals surface area contributed by atoms with Crippen LogP contribution < -0.4 is 5.73 Å². The van der Waals surface area contributed by atoms with Gasteiger partial charge >= 0.3 is 0 Å². The first kappa shape index (κ1) is 13.2. The van der Waals surface area contributed by atoms with Gasteiger partial charge in [0.25, 0.3) is 0 Å². The van der Waals surface area contributed by atoms with E-state index in [1.807, 2.05) is 13.8 Å². The molecular weight excluding hydrogens is 299 g/mol. The molecule has 1 aromatic carbocycles. The predicted molar refractivity (Wildman–Crippen MR) is 70.8 cm³/mol. The van der Waals surface area contributed by atoms with Gasteiger partial charge in [-0.05, 0) is 24.1 Å². The Bertz CT molecular complexity index is 553. The Kier molecular flexibility index (Phi) is 3.77. The molecule has 6 heteroatoms. The van der Waals surface area contributed by atoms with E-state index in [1.165, 1.54) is 10.7 Å². The van der Waals surface area contributed by atoms with Gasteiger partial charge < -0.3 is 5.73 Å². The Labute approximate surface area is 113 Å². The molecule has 0 aliphatic rings. The fourth-order valence-corrected chi connectivity index (χ4v) is 1.90. The third-order valence-electron chi connectivity index (χ3n) is 2.73. The molecule has 0 spiro atoms. The van der Waals surface area contributed by atoms with Gasteiger partial charge in [0, 0.05) is 4.47 Å². The van der Waals surface area contributed by atoms with E-state index >= 15 is 0 Å². The van der Waals surface area contributed by atoms with Gasteiger partial charge in [-0.25, -0.2) is 9.07 Å². The molecule has 1 aromatic heterocycles. The van der Waals surface area contributed by atoms with Crippen LogP contribution in [0.1, 0.15) is 25.6 Å².